The van der Waals surface area contributed by atoms with Gasteiger partial charge in [-0.2, -0.15) is 0 Å². The Hall–Kier alpha value is -3.28. The van der Waals surface area contributed by atoms with Crippen molar-refractivity contribution in [2.45, 2.75) is 31.7 Å². The van der Waals surface area contributed by atoms with Gasteiger partial charge in [0.2, 0.25) is 5.91 Å². The van der Waals surface area contributed by atoms with E-state index in [4.69, 9.17) is 9.47 Å². The minimum atomic E-state index is -0.319. The SMILES string of the molecule is COc1ccc(/C=C/C(=O)Nc2ccccc2C(=O)NC2CCCC2)cc1OC. The van der Waals surface area contributed by atoms with Crippen LogP contribution in [-0.2, 0) is 4.79 Å². The first kappa shape index (κ1) is 20.5. The van der Waals surface area contributed by atoms with Gasteiger partial charge < -0.3 is 20.1 Å². The molecule has 0 aliphatic heterocycles. The van der Waals surface area contributed by atoms with Gasteiger partial charge in [0.15, 0.2) is 11.5 Å². The number of methoxy groups -OCH3 is 2. The first-order chi connectivity index (χ1) is 14.1. The topological polar surface area (TPSA) is 76.7 Å². The summed E-state index contributed by atoms with van der Waals surface area (Å²) < 4.78 is 10.5. The lowest BCUT2D eigenvalue weighted by Gasteiger charge is -2.14. The zero-order valence-corrected chi connectivity index (χ0v) is 16.7. The standard InChI is InChI=1S/C23H26N2O4/c1-28-20-13-11-16(15-21(20)29-2)12-14-22(26)25-19-10-6-5-9-18(19)23(27)24-17-7-3-4-8-17/h5-6,9-15,17H,3-4,7-8H2,1-2H3,(H,24,27)(H,25,26)/b14-12+. The Labute approximate surface area is 170 Å². The van der Waals surface area contributed by atoms with Gasteiger partial charge in [0.25, 0.3) is 5.91 Å². The molecule has 6 nitrogen and oxygen atoms in total. The number of hydrogen-bond acceptors (Lipinski definition) is 4. The van der Waals surface area contributed by atoms with E-state index in [1.165, 1.54) is 6.08 Å². The van der Waals surface area contributed by atoms with Crippen molar-refractivity contribution in [1.82, 2.24) is 5.32 Å². The third-order valence-corrected chi connectivity index (χ3v) is 4.95. The Morgan fingerprint density at radius 3 is 2.45 bits per heavy atom. The molecule has 2 aromatic carbocycles. The number of nitrogens with one attached hydrogen (secondary N) is 2. The molecule has 0 radical (unpaired) electrons. The molecule has 0 spiro atoms. The van der Waals surface area contributed by atoms with Crippen LogP contribution in [0.1, 0.15) is 41.6 Å². The number of carbonyl (C=O) groups excluding carboxylic acids is 2. The molecule has 2 aromatic rings. The van der Waals surface area contributed by atoms with Crippen LogP contribution in [0.5, 0.6) is 11.5 Å². The molecule has 0 heterocycles. The van der Waals surface area contributed by atoms with E-state index in [0.29, 0.717) is 22.7 Å². The first-order valence-electron chi connectivity index (χ1n) is 9.71. The summed E-state index contributed by atoms with van der Waals surface area (Å²) in [4.78, 5) is 25.0. The Balaban J connectivity index is 1.67. The summed E-state index contributed by atoms with van der Waals surface area (Å²) in [6.45, 7) is 0. The molecule has 0 saturated heterocycles. The van der Waals surface area contributed by atoms with E-state index >= 15 is 0 Å². The maximum Gasteiger partial charge on any atom is 0.253 e. The van der Waals surface area contributed by atoms with Crippen molar-refractivity contribution in [3.63, 3.8) is 0 Å². The Bertz CT molecular complexity index is 902. The normalized spacial score (nSPS) is 14.0. The fourth-order valence-electron chi connectivity index (χ4n) is 3.43. The highest BCUT2D eigenvalue weighted by Gasteiger charge is 2.19. The molecular weight excluding hydrogens is 368 g/mol. The van der Waals surface area contributed by atoms with E-state index in [1.807, 2.05) is 6.07 Å². The van der Waals surface area contributed by atoms with E-state index in [1.54, 1.807) is 56.7 Å². The highest BCUT2D eigenvalue weighted by atomic mass is 16.5. The number of hydrogen-bond donors (Lipinski definition) is 2. The number of rotatable bonds is 7. The zero-order chi connectivity index (χ0) is 20.6. The van der Waals surface area contributed by atoms with Crippen molar-refractivity contribution < 1.29 is 19.1 Å². The van der Waals surface area contributed by atoms with Gasteiger partial charge in [0.1, 0.15) is 0 Å². The van der Waals surface area contributed by atoms with E-state index < -0.39 is 0 Å². The van der Waals surface area contributed by atoms with E-state index in [2.05, 4.69) is 10.6 Å². The summed E-state index contributed by atoms with van der Waals surface area (Å²) in [6, 6.07) is 12.6. The Kier molecular flexibility index (Phi) is 6.89. The van der Waals surface area contributed by atoms with Gasteiger partial charge in [0.05, 0.1) is 25.5 Å². The fourth-order valence-corrected chi connectivity index (χ4v) is 3.43. The smallest absolute Gasteiger partial charge is 0.253 e. The highest BCUT2D eigenvalue weighted by Crippen LogP contribution is 2.28. The summed E-state index contributed by atoms with van der Waals surface area (Å²) in [6.07, 6.45) is 7.41. The average Bonchev–Trinajstić information content (AvgIpc) is 3.25. The lowest BCUT2D eigenvalue weighted by atomic mass is 10.1. The molecule has 29 heavy (non-hydrogen) atoms. The van der Waals surface area contributed by atoms with Gasteiger partial charge >= 0.3 is 0 Å². The van der Waals surface area contributed by atoms with Gasteiger partial charge in [-0.1, -0.05) is 31.0 Å². The quantitative estimate of drug-likeness (QED) is 0.695. The summed E-state index contributed by atoms with van der Waals surface area (Å²) in [5.41, 5.74) is 1.75. The molecule has 152 valence electrons. The monoisotopic (exact) mass is 394 g/mol. The van der Waals surface area contributed by atoms with Gasteiger partial charge in [-0.3, -0.25) is 9.59 Å². The predicted molar refractivity (Wildman–Crippen MR) is 113 cm³/mol. The molecule has 2 N–H and O–H groups in total. The molecule has 0 atom stereocenters. The fraction of sp³-hybridized carbons (Fsp3) is 0.304. The van der Waals surface area contributed by atoms with Gasteiger partial charge in [0, 0.05) is 12.1 Å². The van der Waals surface area contributed by atoms with Crippen LogP contribution in [0.4, 0.5) is 5.69 Å². The van der Waals surface area contributed by atoms with Crippen molar-refractivity contribution in [3.8, 4) is 11.5 Å². The number of para-hydroxylation sites is 1. The molecule has 1 saturated carbocycles. The zero-order valence-electron chi connectivity index (χ0n) is 16.7. The van der Waals surface area contributed by atoms with E-state index in [-0.39, 0.29) is 17.9 Å². The lowest BCUT2D eigenvalue weighted by Crippen LogP contribution is -2.33. The number of amides is 2. The molecule has 1 fully saturated rings. The van der Waals surface area contributed by atoms with Crippen LogP contribution in [0.25, 0.3) is 6.08 Å². The van der Waals surface area contributed by atoms with Crippen LogP contribution in [0, 0.1) is 0 Å². The minimum Gasteiger partial charge on any atom is -0.493 e. The Morgan fingerprint density at radius 2 is 1.72 bits per heavy atom. The second kappa shape index (κ2) is 9.78. The minimum absolute atomic E-state index is 0.156. The number of benzene rings is 2. The summed E-state index contributed by atoms with van der Waals surface area (Å²) in [5, 5.41) is 5.85. The van der Waals surface area contributed by atoms with Crippen LogP contribution >= 0.6 is 0 Å². The molecule has 0 aromatic heterocycles. The third-order valence-electron chi connectivity index (χ3n) is 4.95. The third kappa shape index (κ3) is 5.38. The number of carbonyl (C=O) groups is 2. The van der Waals surface area contributed by atoms with Crippen molar-refractivity contribution in [2.75, 3.05) is 19.5 Å². The highest BCUT2D eigenvalue weighted by molar-refractivity contribution is 6.07. The van der Waals surface area contributed by atoms with E-state index in [0.717, 1.165) is 31.2 Å². The van der Waals surface area contributed by atoms with Crippen molar-refractivity contribution >= 4 is 23.6 Å². The Morgan fingerprint density at radius 1 is 1.00 bits per heavy atom. The molecule has 2 amide bonds. The first-order valence-corrected chi connectivity index (χ1v) is 9.71. The van der Waals surface area contributed by atoms with Gasteiger partial charge in [-0.15, -0.1) is 0 Å². The molecule has 1 aliphatic carbocycles. The molecule has 0 unspecified atom stereocenters. The van der Waals surface area contributed by atoms with Crippen LogP contribution in [0.15, 0.2) is 48.5 Å². The van der Waals surface area contributed by atoms with Crippen molar-refractivity contribution in [2.24, 2.45) is 0 Å². The van der Waals surface area contributed by atoms with E-state index in [9.17, 15) is 9.59 Å². The van der Waals surface area contributed by atoms with Gasteiger partial charge in [-0.25, -0.2) is 0 Å². The lowest BCUT2D eigenvalue weighted by molar-refractivity contribution is -0.111. The molecular formula is C23H26N2O4. The second-order valence-corrected chi connectivity index (χ2v) is 6.94. The molecule has 3 rings (SSSR count). The van der Waals surface area contributed by atoms with Crippen molar-refractivity contribution in [1.29, 1.82) is 0 Å². The average molecular weight is 394 g/mol. The maximum absolute atomic E-state index is 12.6. The summed E-state index contributed by atoms with van der Waals surface area (Å²) in [7, 11) is 3.13. The van der Waals surface area contributed by atoms with Crippen LogP contribution < -0.4 is 20.1 Å². The maximum atomic E-state index is 12.6. The molecule has 6 heteroatoms. The molecule has 0 bridgehead atoms. The number of ether oxygens (including phenoxy) is 2. The van der Waals surface area contributed by atoms with Crippen molar-refractivity contribution in [3.05, 3.63) is 59.7 Å². The van der Waals surface area contributed by atoms with Crippen LogP contribution in [0.2, 0.25) is 0 Å². The van der Waals surface area contributed by atoms with Crippen LogP contribution in [-0.4, -0.2) is 32.1 Å². The van der Waals surface area contributed by atoms with Gasteiger partial charge in [-0.05, 0) is 48.7 Å². The second-order valence-electron chi connectivity index (χ2n) is 6.94. The van der Waals surface area contributed by atoms with Crippen LogP contribution in [0.3, 0.4) is 0 Å². The largest absolute Gasteiger partial charge is 0.493 e. The summed E-state index contributed by atoms with van der Waals surface area (Å²) in [5.74, 6) is 0.734. The summed E-state index contributed by atoms with van der Waals surface area (Å²) >= 11 is 0. The number of anilines is 1. The molecule has 1 aliphatic rings. The predicted octanol–water partition coefficient (Wildman–Crippen LogP) is 4.03.